The van der Waals surface area contributed by atoms with Gasteiger partial charge in [-0.25, -0.2) is 38.3 Å². The van der Waals surface area contributed by atoms with E-state index in [-0.39, 0.29) is 5.82 Å². The molecule has 0 aromatic carbocycles. The topological polar surface area (TPSA) is 165 Å². The molecule has 27 heavy (non-hydrogen) atoms. The smallest absolute Gasteiger partial charge is 0.357 e. The highest BCUT2D eigenvalue weighted by Gasteiger charge is 2.22. The van der Waals surface area contributed by atoms with Gasteiger partial charge in [-0.15, -0.1) is 0 Å². The highest BCUT2D eigenvalue weighted by molar-refractivity contribution is 5.86. The molecule has 2 aromatic rings. The van der Waals surface area contributed by atoms with Crippen LogP contribution >= 0.6 is 0 Å². The minimum atomic E-state index is -1.46. The molecule has 3 heterocycles. The summed E-state index contributed by atoms with van der Waals surface area (Å²) in [6.07, 6.45) is 1.94. The largest absolute Gasteiger partial charge is 0.476 e. The average molecular weight is 384 g/mol. The lowest BCUT2D eigenvalue weighted by atomic mass is 10.3. The molecule has 0 spiro atoms. The van der Waals surface area contributed by atoms with Crippen molar-refractivity contribution < 1.29 is 33.3 Å². The third-order valence-corrected chi connectivity index (χ3v) is 3.30. The van der Waals surface area contributed by atoms with Crippen LogP contribution in [0.3, 0.4) is 0 Å². The van der Waals surface area contributed by atoms with Gasteiger partial charge in [-0.2, -0.15) is 0 Å². The van der Waals surface area contributed by atoms with Crippen LogP contribution in [0.15, 0.2) is 12.7 Å². The van der Waals surface area contributed by atoms with Crippen molar-refractivity contribution in [3.8, 4) is 0 Å². The fraction of sp³-hybridized carbons (Fsp3) is 0.286. The second-order valence-electron chi connectivity index (χ2n) is 4.99. The van der Waals surface area contributed by atoms with E-state index in [9.17, 15) is 18.4 Å². The maximum atomic E-state index is 13.7. The van der Waals surface area contributed by atoms with E-state index in [1.165, 1.54) is 0 Å². The Balaban J connectivity index is 0.000000208. The third kappa shape index (κ3) is 4.78. The summed E-state index contributed by atoms with van der Waals surface area (Å²) in [4.78, 5) is 36.1. The van der Waals surface area contributed by atoms with Crippen LogP contribution in [0.4, 0.5) is 20.4 Å². The fourth-order valence-electron chi connectivity index (χ4n) is 2.04. The summed E-state index contributed by atoms with van der Waals surface area (Å²) >= 11 is 0. The number of nitrogens with two attached hydrogens (primary N) is 1. The van der Waals surface area contributed by atoms with Gasteiger partial charge >= 0.3 is 11.9 Å². The lowest BCUT2D eigenvalue weighted by Gasteiger charge is -2.27. The lowest BCUT2D eigenvalue weighted by Crippen LogP contribution is -2.37. The highest BCUT2D eigenvalue weighted by Crippen LogP contribution is 2.18. The number of carboxylic acid groups (broad SMARTS) is 2. The third-order valence-electron chi connectivity index (χ3n) is 3.30. The number of morpholine rings is 1. The number of carbonyl (C=O) groups is 2. The van der Waals surface area contributed by atoms with Gasteiger partial charge in [0.1, 0.15) is 12.7 Å². The first-order valence-corrected chi connectivity index (χ1v) is 7.38. The molecular weight excluding hydrogens is 370 g/mol. The molecule has 1 aliphatic heterocycles. The highest BCUT2D eigenvalue weighted by atomic mass is 19.1. The fourth-order valence-corrected chi connectivity index (χ4v) is 2.04. The molecule has 3 rings (SSSR count). The van der Waals surface area contributed by atoms with Crippen LogP contribution in [0.25, 0.3) is 0 Å². The molecule has 0 aliphatic carbocycles. The van der Waals surface area contributed by atoms with E-state index in [0.29, 0.717) is 26.3 Å². The van der Waals surface area contributed by atoms with Crippen molar-refractivity contribution in [1.82, 2.24) is 19.9 Å². The first kappa shape index (κ1) is 19.8. The first-order chi connectivity index (χ1) is 12.8. The first-order valence-electron chi connectivity index (χ1n) is 7.38. The summed E-state index contributed by atoms with van der Waals surface area (Å²) in [6, 6.07) is 0. The molecule has 2 aromatic heterocycles. The van der Waals surface area contributed by atoms with Crippen molar-refractivity contribution in [2.45, 2.75) is 0 Å². The standard InChI is InChI=1S/C9H10FN3O3.C5H4FN3O2/c10-6-7(9(14)15)11-5-12-8(6)13-1-3-16-4-2-13;6-2-3(5(10)11)8-1-9-4(2)7/h5H,1-4H2,(H,14,15);1H,(H,10,11)(H2,7,8,9). The Morgan fingerprint density at radius 2 is 1.48 bits per heavy atom. The number of aromatic carboxylic acids is 2. The van der Waals surface area contributed by atoms with E-state index >= 15 is 0 Å². The van der Waals surface area contributed by atoms with Gasteiger partial charge in [0.25, 0.3) is 0 Å². The van der Waals surface area contributed by atoms with E-state index in [1.54, 1.807) is 4.90 Å². The van der Waals surface area contributed by atoms with Gasteiger partial charge in [0.15, 0.2) is 34.7 Å². The number of hydrogen-bond acceptors (Lipinski definition) is 9. The van der Waals surface area contributed by atoms with E-state index < -0.39 is 40.8 Å². The Labute approximate surface area is 150 Å². The Bertz CT molecular complexity index is 847. The van der Waals surface area contributed by atoms with Crippen LogP contribution in [0.2, 0.25) is 0 Å². The van der Waals surface area contributed by atoms with Gasteiger partial charge in [-0.1, -0.05) is 0 Å². The molecule has 1 fully saturated rings. The zero-order valence-corrected chi connectivity index (χ0v) is 13.7. The van der Waals surface area contributed by atoms with Crippen molar-refractivity contribution in [2.24, 2.45) is 0 Å². The monoisotopic (exact) mass is 384 g/mol. The lowest BCUT2D eigenvalue weighted by molar-refractivity contribution is 0.0673. The molecule has 0 saturated carbocycles. The van der Waals surface area contributed by atoms with Crippen LogP contribution in [0.5, 0.6) is 0 Å². The number of halogens is 2. The minimum absolute atomic E-state index is 0.0238. The SMILES string of the molecule is Nc1ncnc(C(=O)O)c1F.O=C(O)c1ncnc(N2CCOCC2)c1F. The Kier molecular flexibility index (Phi) is 6.43. The van der Waals surface area contributed by atoms with Gasteiger partial charge in [0, 0.05) is 13.1 Å². The van der Waals surface area contributed by atoms with E-state index in [2.05, 4.69) is 19.9 Å². The summed E-state index contributed by atoms with van der Waals surface area (Å²) in [5.41, 5.74) is 3.66. The van der Waals surface area contributed by atoms with Crippen molar-refractivity contribution in [3.63, 3.8) is 0 Å². The second kappa shape index (κ2) is 8.75. The van der Waals surface area contributed by atoms with Crippen molar-refractivity contribution in [1.29, 1.82) is 0 Å². The molecule has 4 N–H and O–H groups in total. The van der Waals surface area contributed by atoms with Crippen LogP contribution in [-0.2, 0) is 4.74 Å². The number of nitrogen functional groups attached to an aromatic ring is 1. The number of carboxylic acids is 2. The van der Waals surface area contributed by atoms with E-state index in [4.69, 9.17) is 20.7 Å². The Hall–Kier alpha value is -3.48. The summed E-state index contributed by atoms with van der Waals surface area (Å²) in [5, 5.41) is 17.0. The summed E-state index contributed by atoms with van der Waals surface area (Å²) < 4.78 is 31.5. The van der Waals surface area contributed by atoms with Crippen molar-refractivity contribution in [2.75, 3.05) is 36.9 Å². The van der Waals surface area contributed by atoms with E-state index in [1.807, 2.05) is 0 Å². The number of nitrogens with zero attached hydrogens (tertiary/aromatic N) is 5. The molecule has 0 unspecified atom stereocenters. The minimum Gasteiger partial charge on any atom is -0.476 e. The predicted molar refractivity (Wildman–Crippen MR) is 85.3 cm³/mol. The van der Waals surface area contributed by atoms with E-state index in [0.717, 1.165) is 12.7 Å². The van der Waals surface area contributed by atoms with Crippen LogP contribution in [0, 0.1) is 11.6 Å². The van der Waals surface area contributed by atoms with Gasteiger partial charge < -0.3 is 25.6 Å². The molecular formula is C14H14F2N6O5. The number of hydrogen-bond donors (Lipinski definition) is 3. The van der Waals surface area contributed by atoms with Gasteiger partial charge in [-0.05, 0) is 0 Å². The Morgan fingerprint density at radius 1 is 0.963 bits per heavy atom. The summed E-state index contributed by atoms with van der Waals surface area (Å²) in [5.74, 6) is -5.28. The normalized spacial score (nSPS) is 13.5. The maximum Gasteiger partial charge on any atom is 0.357 e. The summed E-state index contributed by atoms with van der Waals surface area (Å²) in [7, 11) is 0. The zero-order valence-electron chi connectivity index (χ0n) is 13.7. The molecule has 11 nitrogen and oxygen atoms in total. The second-order valence-corrected chi connectivity index (χ2v) is 4.99. The van der Waals surface area contributed by atoms with Crippen LogP contribution < -0.4 is 10.6 Å². The number of anilines is 2. The molecule has 0 bridgehead atoms. The maximum absolute atomic E-state index is 13.7. The van der Waals surface area contributed by atoms with Crippen LogP contribution in [0.1, 0.15) is 21.0 Å². The van der Waals surface area contributed by atoms with Gasteiger partial charge in [-0.3, -0.25) is 0 Å². The molecule has 0 atom stereocenters. The average Bonchev–Trinajstić information content (AvgIpc) is 2.65. The number of ether oxygens (including phenoxy) is 1. The Morgan fingerprint density at radius 3 is 2.00 bits per heavy atom. The molecule has 144 valence electrons. The summed E-state index contributed by atoms with van der Waals surface area (Å²) in [6.45, 7) is 1.94. The van der Waals surface area contributed by atoms with Crippen molar-refractivity contribution in [3.05, 3.63) is 35.7 Å². The molecule has 1 aliphatic rings. The molecule has 13 heteroatoms. The van der Waals surface area contributed by atoms with Crippen LogP contribution in [-0.4, -0.2) is 68.4 Å². The molecule has 1 saturated heterocycles. The molecule has 0 amide bonds. The zero-order chi connectivity index (χ0) is 20.0. The van der Waals surface area contributed by atoms with Gasteiger partial charge in [0.05, 0.1) is 13.2 Å². The molecule has 0 radical (unpaired) electrons. The number of aromatic nitrogens is 4. The quantitative estimate of drug-likeness (QED) is 0.654. The van der Waals surface area contributed by atoms with Crippen molar-refractivity contribution >= 4 is 23.6 Å². The van der Waals surface area contributed by atoms with Gasteiger partial charge in [0.2, 0.25) is 0 Å². The predicted octanol–water partition coefficient (Wildman–Crippen LogP) is 0.0466. The number of rotatable bonds is 3.